The molecule has 144 valence electrons. The lowest BCUT2D eigenvalue weighted by Gasteiger charge is -2.32. The van der Waals surface area contributed by atoms with Gasteiger partial charge in [-0.25, -0.2) is 0 Å². The second kappa shape index (κ2) is 8.83. The molecular formula is C20H26N4O3. The molecule has 1 saturated heterocycles. The van der Waals surface area contributed by atoms with Gasteiger partial charge in [0.25, 0.3) is 5.91 Å². The number of aryl methyl sites for hydroxylation is 1. The van der Waals surface area contributed by atoms with E-state index < -0.39 is 0 Å². The average molecular weight is 370 g/mol. The maximum atomic E-state index is 12.1. The highest BCUT2D eigenvalue weighted by atomic mass is 16.3. The van der Waals surface area contributed by atoms with Gasteiger partial charge in [0, 0.05) is 38.4 Å². The van der Waals surface area contributed by atoms with Crippen molar-refractivity contribution in [3.63, 3.8) is 0 Å². The maximum absolute atomic E-state index is 12.1. The van der Waals surface area contributed by atoms with Crippen LogP contribution in [0.3, 0.4) is 0 Å². The van der Waals surface area contributed by atoms with Crippen LogP contribution in [0.25, 0.3) is 0 Å². The van der Waals surface area contributed by atoms with Gasteiger partial charge in [-0.05, 0) is 37.7 Å². The summed E-state index contributed by atoms with van der Waals surface area (Å²) in [6, 6.07) is 9.43. The largest absolute Gasteiger partial charge is 0.469 e. The molecule has 2 aromatic rings. The summed E-state index contributed by atoms with van der Waals surface area (Å²) in [4.78, 5) is 28.9. The number of furan rings is 1. The number of carbonyl (C=O) groups excluding carboxylic acids is 2. The standard InChI is InChI=1S/C20H26N4O3/c1-15-18(6-11-27-15)20(26)21-13-19(25)22-17-5-3-4-16(12-17)14-24-9-7-23(2)8-10-24/h3-6,11-12H,7-10,13-14H2,1-2H3,(H,21,26)(H,22,25). The summed E-state index contributed by atoms with van der Waals surface area (Å²) in [6.07, 6.45) is 1.45. The molecule has 1 aliphatic rings. The van der Waals surface area contributed by atoms with E-state index in [2.05, 4.69) is 33.5 Å². The van der Waals surface area contributed by atoms with Gasteiger partial charge in [0.05, 0.1) is 18.4 Å². The van der Waals surface area contributed by atoms with E-state index >= 15 is 0 Å². The molecule has 2 N–H and O–H groups in total. The number of hydrogen-bond acceptors (Lipinski definition) is 5. The highest BCUT2D eigenvalue weighted by Crippen LogP contribution is 2.14. The maximum Gasteiger partial charge on any atom is 0.255 e. The second-order valence-electron chi connectivity index (χ2n) is 6.90. The van der Waals surface area contributed by atoms with Gasteiger partial charge in [0.15, 0.2) is 0 Å². The molecule has 1 fully saturated rings. The third kappa shape index (κ3) is 5.42. The van der Waals surface area contributed by atoms with Crippen LogP contribution in [-0.4, -0.2) is 61.4 Å². The van der Waals surface area contributed by atoms with Crippen molar-refractivity contribution in [1.82, 2.24) is 15.1 Å². The minimum absolute atomic E-state index is 0.0911. The van der Waals surface area contributed by atoms with Crippen molar-refractivity contribution >= 4 is 17.5 Å². The molecule has 7 nitrogen and oxygen atoms in total. The summed E-state index contributed by atoms with van der Waals surface area (Å²) in [7, 11) is 2.14. The zero-order chi connectivity index (χ0) is 19.2. The number of hydrogen-bond donors (Lipinski definition) is 2. The zero-order valence-electron chi connectivity index (χ0n) is 15.8. The van der Waals surface area contributed by atoms with Gasteiger partial charge in [0.1, 0.15) is 5.76 Å². The summed E-state index contributed by atoms with van der Waals surface area (Å²) < 4.78 is 5.10. The van der Waals surface area contributed by atoms with Crippen LogP contribution in [-0.2, 0) is 11.3 Å². The predicted octanol–water partition coefficient (Wildman–Crippen LogP) is 1.70. The molecule has 0 aliphatic carbocycles. The van der Waals surface area contributed by atoms with E-state index in [9.17, 15) is 9.59 Å². The van der Waals surface area contributed by atoms with Crippen LogP contribution < -0.4 is 10.6 Å². The van der Waals surface area contributed by atoms with E-state index in [0.29, 0.717) is 11.3 Å². The van der Waals surface area contributed by atoms with Crippen LogP contribution in [0.5, 0.6) is 0 Å². The van der Waals surface area contributed by atoms with Crippen LogP contribution in [0.1, 0.15) is 21.7 Å². The van der Waals surface area contributed by atoms with E-state index in [1.807, 2.05) is 18.2 Å². The lowest BCUT2D eigenvalue weighted by molar-refractivity contribution is -0.115. The second-order valence-corrected chi connectivity index (χ2v) is 6.90. The first-order chi connectivity index (χ1) is 13.0. The van der Waals surface area contributed by atoms with Crippen LogP contribution in [0.4, 0.5) is 5.69 Å². The van der Waals surface area contributed by atoms with Crippen molar-refractivity contribution in [2.24, 2.45) is 0 Å². The Balaban J connectivity index is 1.49. The quantitative estimate of drug-likeness (QED) is 0.809. The third-order valence-electron chi connectivity index (χ3n) is 4.73. The number of amides is 2. The summed E-state index contributed by atoms with van der Waals surface area (Å²) in [5.74, 6) is -0.0500. The number of rotatable bonds is 6. The number of piperazine rings is 1. The Morgan fingerprint density at radius 2 is 1.93 bits per heavy atom. The van der Waals surface area contributed by atoms with E-state index in [4.69, 9.17) is 4.42 Å². The first kappa shape index (κ1) is 19.1. The Kier molecular flexibility index (Phi) is 6.26. The van der Waals surface area contributed by atoms with Gasteiger partial charge < -0.3 is 20.0 Å². The summed E-state index contributed by atoms with van der Waals surface area (Å²) in [6.45, 7) is 6.73. The summed E-state index contributed by atoms with van der Waals surface area (Å²) in [5, 5.41) is 5.44. The summed E-state index contributed by atoms with van der Waals surface area (Å²) in [5.41, 5.74) is 2.34. The molecular weight excluding hydrogens is 344 g/mol. The number of carbonyl (C=O) groups is 2. The van der Waals surface area contributed by atoms with Crippen LogP contribution in [0.2, 0.25) is 0 Å². The molecule has 1 aromatic carbocycles. The number of nitrogens with zero attached hydrogens (tertiary/aromatic N) is 2. The molecule has 0 bridgehead atoms. The Bertz CT molecular complexity index is 794. The fourth-order valence-electron chi connectivity index (χ4n) is 3.09. The van der Waals surface area contributed by atoms with Crippen molar-refractivity contribution in [3.05, 3.63) is 53.5 Å². The topological polar surface area (TPSA) is 77.8 Å². The van der Waals surface area contributed by atoms with Crippen LogP contribution >= 0.6 is 0 Å². The normalized spacial score (nSPS) is 15.5. The lowest BCUT2D eigenvalue weighted by Crippen LogP contribution is -2.43. The van der Waals surface area contributed by atoms with E-state index in [-0.39, 0.29) is 18.4 Å². The Labute approximate surface area is 159 Å². The van der Waals surface area contributed by atoms with E-state index in [0.717, 1.165) is 44.0 Å². The Hall–Kier alpha value is -2.64. The van der Waals surface area contributed by atoms with Gasteiger partial charge in [-0.15, -0.1) is 0 Å². The molecule has 0 atom stereocenters. The zero-order valence-corrected chi connectivity index (χ0v) is 15.8. The first-order valence-corrected chi connectivity index (χ1v) is 9.13. The minimum atomic E-state index is -0.319. The number of nitrogens with one attached hydrogen (secondary N) is 2. The molecule has 2 heterocycles. The predicted molar refractivity (Wildman–Crippen MR) is 104 cm³/mol. The third-order valence-corrected chi connectivity index (χ3v) is 4.73. The fraction of sp³-hybridized carbons (Fsp3) is 0.400. The van der Waals surface area contributed by atoms with Gasteiger partial charge in [-0.1, -0.05) is 12.1 Å². The molecule has 0 saturated carbocycles. The number of benzene rings is 1. The van der Waals surface area contributed by atoms with Crippen molar-refractivity contribution in [2.45, 2.75) is 13.5 Å². The Morgan fingerprint density at radius 3 is 2.63 bits per heavy atom. The van der Waals surface area contributed by atoms with E-state index in [1.165, 1.54) is 6.26 Å². The fourth-order valence-corrected chi connectivity index (χ4v) is 3.09. The van der Waals surface area contributed by atoms with Gasteiger partial charge in [-0.3, -0.25) is 14.5 Å². The van der Waals surface area contributed by atoms with Gasteiger partial charge in [-0.2, -0.15) is 0 Å². The molecule has 0 unspecified atom stereocenters. The molecule has 27 heavy (non-hydrogen) atoms. The van der Waals surface area contributed by atoms with Crippen molar-refractivity contribution in [3.8, 4) is 0 Å². The van der Waals surface area contributed by atoms with Gasteiger partial charge >= 0.3 is 0 Å². The van der Waals surface area contributed by atoms with Crippen molar-refractivity contribution in [2.75, 3.05) is 45.1 Å². The molecule has 2 amide bonds. The highest BCUT2D eigenvalue weighted by molar-refractivity contribution is 5.99. The monoisotopic (exact) mass is 370 g/mol. The number of anilines is 1. The lowest BCUT2D eigenvalue weighted by atomic mass is 10.1. The molecule has 1 aromatic heterocycles. The van der Waals surface area contributed by atoms with Gasteiger partial charge in [0.2, 0.25) is 5.91 Å². The van der Waals surface area contributed by atoms with E-state index in [1.54, 1.807) is 13.0 Å². The van der Waals surface area contributed by atoms with Crippen molar-refractivity contribution in [1.29, 1.82) is 0 Å². The first-order valence-electron chi connectivity index (χ1n) is 9.13. The minimum Gasteiger partial charge on any atom is -0.469 e. The Morgan fingerprint density at radius 1 is 1.15 bits per heavy atom. The molecule has 0 spiro atoms. The molecule has 7 heteroatoms. The van der Waals surface area contributed by atoms with Crippen molar-refractivity contribution < 1.29 is 14.0 Å². The molecule has 3 rings (SSSR count). The average Bonchev–Trinajstić information content (AvgIpc) is 3.08. The number of likely N-dealkylation sites (N-methyl/N-ethyl adjacent to an activating group) is 1. The SMILES string of the molecule is Cc1occc1C(=O)NCC(=O)Nc1cccc(CN2CCN(C)CC2)c1. The summed E-state index contributed by atoms with van der Waals surface area (Å²) >= 11 is 0. The smallest absolute Gasteiger partial charge is 0.255 e. The highest BCUT2D eigenvalue weighted by Gasteiger charge is 2.15. The van der Waals surface area contributed by atoms with Crippen LogP contribution in [0.15, 0.2) is 41.0 Å². The molecule has 1 aliphatic heterocycles. The molecule has 0 radical (unpaired) electrons. The van der Waals surface area contributed by atoms with Crippen LogP contribution in [0, 0.1) is 6.92 Å².